The van der Waals surface area contributed by atoms with Crippen LogP contribution in [0.25, 0.3) is 22.3 Å². The van der Waals surface area contributed by atoms with Gasteiger partial charge in [0.05, 0.1) is 13.7 Å². The normalized spacial score (nSPS) is 11.0. The minimum atomic E-state index is 0.00803. The first-order valence-electron chi connectivity index (χ1n) is 17.1. The summed E-state index contributed by atoms with van der Waals surface area (Å²) in [4.78, 5) is 4.45. The Morgan fingerprint density at radius 3 is 1.15 bits per heavy atom. The predicted octanol–water partition coefficient (Wildman–Crippen LogP) is 13.4. The molecule has 0 amide bonds. The number of nitrogens with zero attached hydrogens (tertiary/aromatic N) is 2. The number of aliphatic hydroxyl groups is 1. The Hall–Kier alpha value is -5.52. The Bertz CT molecular complexity index is 2120. The lowest BCUT2D eigenvalue weighted by atomic mass is 9.99. The molecule has 6 heteroatoms. The van der Waals surface area contributed by atoms with Crippen molar-refractivity contribution >= 4 is 57.3 Å². The third kappa shape index (κ3) is 7.42. The van der Waals surface area contributed by atoms with Crippen LogP contribution in [0.4, 0.5) is 34.1 Å². The van der Waals surface area contributed by atoms with E-state index in [4.69, 9.17) is 27.9 Å². The van der Waals surface area contributed by atoms with E-state index in [1.54, 1.807) is 7.11 Å². The molecule has 0 saturated carbocycles. The molecule has 0 aliphatic rings. The van der Waals surface area contributed by atoms with E-state index in [2.05, 4.69) is 115 Å². The molecule has 0 radical (unpaired) electrons. The highest BCUT2D eigenvalue weighted by Gasteiger charge is 2.17. The molecule has 0 bridgehead atoms. The summed E-state index contributed by atoms with van der Waals surface area (Å²) >= 11 is 12.5. The first-order valence-corrected chi connectivity index (χ1v) is 17.8. The lowest BCUT2D eigenvalue weighted by molar-refractivity contribution is 0.282. The smallest absolute Gasteiger partial charge is 0.119 e. The molecule has 0 saturated heterocycles. The molecule has 0 spiro atoms. The molecule has 52 heavy (non-hydrogen) atoms. The monoisotopic (exact) mass is 720 g/mol. The zero-order chi connectivity index (χ0) is 36.2. The minimum absolute atomic E-state index is 0.00803. The van der Waals surface area contributed by atoms with E-state index in [0.29, 0.717) is 10.0 Å². The van der Waals surface area contributed by atoms with Crippen molar-refractivity contribution in [1.29, 1.82) is 0 Å². The second-order valence-electron chi connectivity index (χ2n) is 12.7. The van der Waals surface area contributed by atoms with Crippen molar-refractivity contribution in [2.45, 2.75) is 20.5 Å². The molecule has 0 unspecified atom stereocenters. The highest BCUT2D eigenvalue weighted by Crippen LogP contribution is 2.40. The van der Waals surface area contributed by atoms with Crippen LogP contribution in [0.2, 0.25) is 10.0 Å². The van der Waals surface area contributed by atoms with Crippen LogP contribution >= 0.6 is 23.2 Å². The van der Waals surface area contributed by atoms with Crippen LogP contribution in [-0.4, -0.2) is 12.2 Å². The van der Waals surface area contributed by atoms with E-state index in [-0.39, 0.29) is 6.61 Å². The van der Waals surface area contributed by atoms with Crippen LogP contribution in [0.1, 0.15) is 16.7 Å². The maximum absolute atomic E-state index is 9.68. The summed E-state index contributed by atoms with van der Waals surface area (Å²) in [6, 6.07) is 53.9. The average molecular weight is 722 g/mol. The van der Waals surface area contributed by atoms with Crippen LogP contribution in [0.5, 0.6) is 5.75 Å². The van der Waals surface area contributed by atoms with Gasteiger partial charge in [-0.2, -0.15) is 0 Å². The summed E-state index contributed by atoms with van der Waals surface area (Å²) in [5.74, 6) is 0.826. The second-order valence-corrected chi connectivity index (χ2v) is 13.6. The Balaban J connectivity index is 1.14. The van der Waals surface area contributed by atoms with Crippen molar-refractivity contribution in [3.05, 3.63) is 184 Å². The number of hydrogen-bond acceptors (Lipinski definition) is 4. The van der Waals surface area contributed by atoms with E-state index in [1.165, 1.54) is 0 Å². The summed E-state index contributed by atoms with van der Waals surface area (Å²) in [6.07, 6.45) is 0. The largest absolute Gasteiger partial charge is 0.497 e. The molecule has 7 aromatic rings. The van der Waals surface area contributed by atoms with Crippen molar-refractivity contribution in [3.8, 4) is 28.0 Å². The Kier molecular flexibility index (Phi) is 10.3. The molecule has 0 atom stereocenters. The fourth-order valence-electron chi connectivity index (χ4n) is 6.57. The van der Waals surface area contributed by atoms with Crippen molar-refractivity contribution in [2.75, 3.05) is 16.9 Å². The number of ether oxygens (including phenoxy) is 1. The Labute approximate surface area is 315 Å². The molecule has 0 heterocycles. The second kappa shape index (κ2) is 15.4. The standard InChI is InChI=1S/C46H38Cl2N2O2/c1-31-28-33(30-51)4-26-45(31)49(42-21-13-38(47)14-22-42)40-17-9-36(10-18-40)34-5-7-35(8-6-34)37-11-19-41(20-12-37)50(43-23-15-39(48)16-24-43)46-27-25-44(52-3)29-32(46)2/h4-29,51H,30H2,1-3H3. The fraction of sp³-hybridized carbons (Fsp3) is 0.0870. The lowest BCUT2D eigenvalue weighted by Gasteiger charge is -2.27. The molecule has 7 aromatic carbocycles. The molecule has 0 fully saturated rings. The molecular formula is C46H38Cl2N2O2. The van der Waals surface area contributed by atoms with E-state index in [9.17, 15) is 5.11 Å². The first kappa shape index (κ1) is 34.9. The molecule has 7 rings (SSSR count). The third-order valence-electron chi connectivity index (χ3n) is 9.30. The SMILES string of the molecule is COc1ccc(N(c2ccc(Cl)cc2)c2ccc(-c3ccc(-c4ccc(N(c5ccc(Cl)cc5)c5ccc(CO)cc5C)cc4)cc3)cc2)c(C)c1. The van der Waals surface area contributed by atoms with Crippen molar-refractivity contribution in [2.24, 2.45) is 0 Å². The van der Waals surface area contributed by atoms with Crippen molar-refractivity contribution in [1.82, 2.24) is 0 Å². The molecule has 4 nitrogen and oxygen atoms in total. The van der Waals surface area contributed by atoms with Crippen LogP contribution in [0, 0.1) is 13.8 Å². The number of benzene rings is 7. The Morgan fingerprint density at radius 2 is 0.808 bits per heavy atom. The molecule has 1 N–H and O–H groups in total. The highest BCUT2D eigenvalue weighted by molar-refractivity contribution is 6.31. The third-order valence-corrected chi connectivity index (χ3v) is 9.81. The average Bonchev–Trinajstić information content (AvgIpc) is 3.18. The molecule has 0 aliphatic carbocycles. The van der Waals surface area contributed by atoms with E-state index < -0.39 is 0 Å². The number of methoxy groups -OCH3 is 1. The highest BCUT2D eigenvalue weighted by atomic mass is 35.5. The number of halogens is 2. The van der Waals surface area contributed by atoms with Gasteiger partial charge in [0.15, 0.2) is 0 Å². The van der Waals surface area contributed by atoms with Gasteiger partial charge in [0.2, 0.25) is 0 Å². The topological polar surface area (TPSA) is 35.9 Å². The fourth-order valence-corrected chi connectivity index (χ4v) is 6.82. The van der Waals surface area contributed by atoms with Gasteiger partial charge in [-0.25, -0.2) is 0 Å². The first-order chi connectivity index (χ1) is 25.3. The van der Waals surface area contributed by atoms with Gasteiger partial charge < -0.3 is 19.6 Å². The summed E-state index contributed by atoms with van der Waals surface area (Å²) in [5.41, 5.74) is 13.8. The van der Waals surface area contributed by atoms with Crippen LogP contribution < -0.4 is 14.5 Å². The number of anilines is 6. The lowest BCUT2D eigenvalue weighted by Crippen LogP contribution is -2.11. The van der Waals surface area contributed by atoms with E-state index in [0.717, 1.165) is 78.8 Å². The van der Waals surface area contributed by atoms with E-state index in [1.807, 2.05) is 66.7 Å². The number of hydrogen-bond donors (Lipinski definition) is 1. The minimum Gasteiger partial charge on any atom is -0.497 e. The summed E-state index contributed by atoms with van der Waals surface area (Å²) in [5, 5.41) is 11.1. The molecule has 0 aliphatic heterocycles. The van der Waals surface area contributed by atoms with Gasteiger partial charge in [-0.15, -0.1) is 0 Å². The predicted molar refractivity (Wildman–Crippen MR) is 219 cm³/mol. The van der Waals surface area contributed by atoms with Gasteiger partial charge >= 0.3 is 0 Å². The maximum atomic E-state index is 9.68. The van der Waals surface area contributed by atoms with Gasteiger partial charge in [0.1, 0.15) is 5.75 Å². The van der Waals surface area contributed by atoms with Crippen LogP contribution in [0.15, 0.2) is 158 Å². The summed E-state index contributed by atoms with van der Waals surface area (Å²) in [7, 11) is 1.69. The zero-order valence-electron chi connectivity index (χ0n) is 29.2. The number of rotatable bonds is 10. The van der Waals surface area contributed by atoms with Crippen LogP contribution in [-0.2, 0) is 6.61 Å². The zero-order valence-corrected chi connectivity index (χ0v) is 30.7. The van der Waals surface area contributed by atoms with Gasteiger partial charge in [0.25, 0.3) is 0 Å². The van der Waals surface area contributed by atoms with Crippen molar-refractivity contribution < 1.29 is 9.84 Å². The van der Waals surface area contributed by atoms with Crippen molar-refractivity contribution in [3.63, 3.8) is 0 Å². The van der Waals surface area contributed by atoms with Gasteiger partial charge in [-0.1, -0.05) is 83.9 Å². The number of aliphatic hydroxyl groups excluding tert-OH is 1. The van der Waals surface area contributed by atoms with Gasteiger partial charge in [0, 0.05) is 44.2 Å². The number of aryl methyl sites for hydroxylation is 2. The van der Waals surface area contributed by atoms with Gasteiger partial charge in [-0.05, 0) is 150 Å². The van der Waals surface area contributed by atoms with Crippen LogP contribution in [0.3, 0.4) is 0 Å². The Morgan fingerprint density at radius 1 is 0.462 bits per heavy atom. The molecule has 0 aromatic heterocycles. The quantitative estimate of drug-likeness (QED) is 0.153. The summed E-state index contributed by atoms with van der Waals surface area (Å²) in [6.45, 7) is 4.17. The molecular weight excluding hydrogens is 683 g/mol. The van der Waals surface area contributed by atoms with E-state index >= 15 is 0 Å². The summed E-state index contributed by atoms with van der Waals surface area (Å²) < 4.78 is 5.47. The van der Waals surface area contributed by atoms with Gasteiger partial charge in [-0.3, -0.25) is 0 Å². The molecule has 258 valence electrons. The maximum Gasteiger partial charge on any atom is 0.119 e.